The van der Waals surface area contributed by atoms with Gasteiger partial charge in [0.15, 0.2) is 11.8 Å². The molecule has 1 aromatic carbocycles. The van der Waals surface area contributed by atoms with Gasteiger partial charge in [-0.15, -0.1) is 0 Å². The zero-order valence-electron chi connectivity index (χ0n) is 14.9. The molecule has 138 valence electrons. The van der Waals surface area contributed by atoms with E-state index in [1.807, 2.05) is 26.0 Å². The first-order valence-corrected chi connectivity index (χ1v) is 9.08. The lowest BCUT2D eigenvalue weighted by Gasteiger charge is -2.34. The minimum Gasteiger partial charge on any atom is -0.459 e. The van der Waals surface area contributed by atoms with E-state index in [0.29, 0.717) is 23.9 Å². The molecule has 1 atom stereocenters. The van der Waals surface area contributed by atoms with Gasteiger partial charge in [-0.3, -0.25) is 9.59 Å². The summed E-state index contributed by atoms with van der Waals surface area (Å²) in [5.41, 5.74) is 1.60. The minimum absolute atomic E-state index is 0.0452. The predicted molar refractivity (Wildman–Crippen MR) is 99.6 cm³/mol. The number of hydrogen-bond donors (Lipinski definition) is 2. The van der Waals surface area contributed by atoms with Gasteiger partial charge in [-0.1, -0.05) is 17.7 Å². The number of benzene rings is 1. The summed E-state index contributed by atoms with van der Waals surface area (Å²) in [6, 6.07) is 8.64. The number of carbonyl (C=O) groups is 2. The van der Waals surface area contributed by atoms with Crippen molar-refractivity contribution < 1.29 is 18.9 Å². The molecule has 1 saturated heterocycles. The van der Waals surface area contributed by atoms with Gasteiger partial charge in [0.1, 0.15) is 0 Å². The van der Waals surface area contributed by atoms with Crippen molar-refractivity contribution in [2.75, 3.05) is 31.5 Å². The Labute approximate surface area is 157 Å². The normalized spacial score (nSPS) is 16.3. The number of quaternary nitrogens is 1. The van der Waals surface area contributed by atoms with Crippen LogP contribution in [-0.2, 0) is 4.79 Å². The standard InChI is InChI=1S/C19H22ClN3O3/c1-13-15(20)5-3-6-16(13)21-18(24)14(2)22-8-10-23(11-9-22)19(25)17-7-4-12-26-17/h3-7,12,14H,8-11H2,1-2H3,(H,21,24)/p+1/t14-/m0/s1. The maximum Gasteiger partial charge on any atom is 0.289 e. The Hall–Kier alpha value is -2.31. The van der Waals surface area contributed by atoms with Crippen LogP contribution in [0.15, 0.2) is 41.0 Å². The highest BCUT2D eigenvalue weighted by Crippen LogP contribution is 2.22. The first-order valence-electron chi connectivity index (χ1n) is 8.70. The topological polar surface area (TPSA) is 67.0 Å². The van der Waals surface area contributed by atoms with E-state index in [1.165, 1.54) is 6.26 Å². The molecule has 0 aliphatic carbocycles. The molecule has 6 nitrogen and oxygen atoms in total. The largest absolute Gasteiger partial charge is 0.459 e. The second-order valence-corrected chi connectivity index (χ2v) is 6.96. The zero-order valence-corrected chi connectivity index (χ0v) is 15.7. The van der Waals surface area contributed by atoms with Crippen LogP contribution in [0.3, 0.4) is 0 Å². The number of amides is 2. The number of nitrogens with one attached hydrogen (secondary N) is 2. The highest BCUT2D eigenvalue weighted by atomic mass is 35.5. The number of anilines is 1. The lowest BCUT2D eigenvalue weighted by Crippen LogP contribution is -3.19. The Morgan fingerprint density at radius 1 is 1.23 bits per heavy atom. The van der Waals surface area contributed by atoms with Gasteiger partial charge in [-0.2, -0.15) is 0 Å². The van der Waals surface area contributed by atoms with Crippen molar-refractivity contribution in [1.29, 1.82) is 0 Å². The molecule has 0 saturated carbocycles. The number of furan rings is 1. The van der Waals surface area contributed by atoms with Crippen LogP contribution in [0.25, 0.3) is 0 Å². The molecule has 7 heteroatoms. The van der Waals surface area contributed by atoms with Crippen LogP contribution < -0.4 is 10.2 Å². The highest BCUT2D eigenvalue weighted by molar-refractivity contribution is 6.31. The molecule has 1 aliphatic heterocycles. The van der Waals surface area contributed by atoms with Crippen molar-refractivity contribution in [3.63, 3.8) is 0 Å². The van der Waals surface area contributed by atoms with Crippen molar-refractivity contribution in [2.24, 2.45) is 0 Å². The van der Waals surface area contributed by atoms with E-state index in [2.05, 4.69) is 5.32 Å². The molecule has 0 unspecified atom stereocenters. The van der Waals surface area contributed by atoms with E-state index in [0.717, 1.165) is 29.2 Å². The van der Waals surface area contributed by atoms with Crippen molar-refractivity contribution in [1.82, 2.24) is 4.90 Å². The van der Waals surface area contributed by atoms with E-state index in [1.54, 1.807) is 23.1 Å². The first-order chi connectivity index (χ1) is 12.5. The van der Waals surface area contributed by atoms with Gasteiger partial charge in [0.05, 0.1) is 32.4 Å². The summed E-state index contributed by atoms with van der Waals surface area (Å²) in [5.74, 6) is 0.215. The molecule has 26 heavy (non-hydrogen) atoms. The fourth-order valence-electron chi connectivity index (χ4n) is 3.16. The maximum atomic E-state index is 12.6. The third-order valence-corrected chi connectivity index (χ3v) is 5.37. The average Bonchev–Trinajstić information content (AvgIpc) is 3.19. The summed E-state index contributed by atoms with van der Waals surface area (Å²) < 4.78 is 5.18. The number of hydrogen-bond acceptors (Lipinski definition) is 3. The molecule has 1 aromatic heterocycles. The summed E-state index contributed by atoms with van der Waals surface area (Å²) >= 11 is 6.11. The van der Waals surface area contributed by atoms with Crippen molar-refractivity contribution in [3.8, 4) is 0 Å². The minimum atomic E-state index is -0.214. The monoisotopic (exact) mass is 376 g/mol. The number of nitrogens with zero attached hydrogens (tertiary/aromatic N) is 1. The predicted octanol–water partition coefficient (Wildman–Crippen LogP) is 1.61. The van der Waals surface area contributed by atoms with E-state index < -0.39 is 0 Å². The SMILES string of the molecule is Cc1c(Cl)cccc1NC(=O)[C@H](C)[NH+]1CCN(C(=O)c2ccco2)CC1. The third-order valence-electron chi connectivity index (χ3n) is 4.96. The second kappa shape index (κ2) is 7.93. The van der Waals surface area contributed by atoms with E-state index in [4.69, 9.17) is 16.0 Å². The fourth-order valence-corrected chi connectivity index (χ4v) is 3.33. The van der Waals surface area contributed by atoms with Crippen LogP contribution in [0.1, 0.15) is 23.0 Å². The molecule has 0 radical (unpaired) electrons. The van der Waals surface area contributed by atoms with Crippen molar-refractivity contribution >= 4 is 29.1 Å². The van der Waals surface area contributed by atoms with Gasteiger partial charge in [-0.25, -0.2) is 0 Å². The molecule has 2 amide bonds. The van der Waals surface area contributed by atoms with Gasteiger partial charge < -0.3 is 19.5 Å². The number of rotatable bonds is 4. The zero-order chi connectivity index (χ0) is 18.7. The maximum absolute atomic E-state index is 12.6. The Bertz CT molecular complexity index is 783. The molecule has 0 bridgehead atoms. The third kappa shape index (κ3) is 3.92. The highest BCUT2D eigenvalue weighted by Gasteiger charge is 2.31. The van der Waals surface area contributed by atoms with Crippen LogP contribution >= 0.6 is 11.6 Å². The molecule has 2 aromatic rings. The van der Waals surface area contributed by atoms with Crippen molar-refractivity contribution in [2.45, 2.75) is 19.9 Å². The molecule has 0 spiro atoms. The Kier molecular flexibility index (Phi) is 5.64. The van der Waals surface area contributed by atoms with Gasteiger partial charge in [-0.05, 0) is 43.7 Å². The summed E-state index contributed by atoms with van der Waals surface area (Å²) in [4.78, 5) is 27.8. The van der Waals surface area contributed by atoms with Crippen LogP contribution in [0.2, 0.25) is 5.02 Å². The molecular formula is C19H23ClN3O3+. The van der Waals surface area contributed by atoms with E-state index in [9.17, 15) is 9.59 Å². The Morgan fingerprint density at radius 3 is 2.62 bits per heavy atom. The first kappa shape index (κ1) is 18.5. The summed E-state index contributed by atoms with van der Waals surface area (Å²) in [6.45, 7) is 6.43. The quantitative estimate of drug-likeness (QED) is 0.852. The lowest BCUT2D eigenvalue weighted by molar-refractivity contribution is -0.917. The number of piperazine rings is 1. The van der Waals surface area contributed by atoms with Gasteiger partial charge in [0, 0.05) is 10.7 Å². The van der Waals surface area contributed by atoms with Crippen molar-refractivity contribution in [3.05, 3.63) is 52.9 Å². The average molecular weight is 377 g/mol. The summed E-state index contributed by atoms with van der Waals surface area (Å²) in [6.07, 6.45) is 1.50. The fraction of sp³-hybridized carbons (Fsp3) is 0.368. The van der Waals surface area contributed by atoms with Crippen LogP contribution in [-0.4, -0.2) is 48.9 Å². The molecule has 3 rings (SSSR count). The van der Waals surface area contributed by atoms with Crippen LogP contribution in [0, 0.1) is 6.92 Å². The smallest absolute Gasteiger partial charge is 0.289 e. The summed E-state index contributed by atoms with van der Waals surface area (Å²) in [7, 11) is 0. The van der Waals surface area contributed by atoms with E-state index in [-0.39, 0.29) is 17.9 Å². The van der Waals surface area contributed by atoms with E-state index >= 15 is 0 Å². The Balaban J connectivity index is 1.56. The molecule has 2 heterocycles. The van der Waals surface area contributed by atoms with Gasteiger partial charge in [0.25, 0.3) is 11.8 Å². The van der Waals surface area contributed by atoms with Gasteiger partial charge >= 0.3 is 0 Å². The summed E-state index contributed by atoms with van der Waals surface area (Å²) in [5, 5.41) is 3.60. The van der Waals surface area contributed by atoms with Gasteiger partial charge in [0.2, 0.25) is 0 Å². The second-order valence-electron chi connectivity index (χ2n) is 6.55. The molecular weight excluding hydrogens is 354 g/mol. The lowest BCUT2D eigenvalue weighted by atomic mass is 10.1. The van der Waals surface area contributed by atoms with Crippen LogP contribution in [0.5, 0.6) is 0 Å². The molecule has 1 fully saturated rings. The Morgan fingerprint density at radius 2 is 1.96 bits per heavy atom. The van der Waals surface area contributed by atoms with Crippen LogP contribution in [0.4, 0.5) is 5.69 Å². The number of carbonyl (C=O) groups excluding carboxylic acids is 2. The molecule has 1 aliphatic rings. The number of halogens is 1. The molecule has 2 N–H and O–H groups in total.